The summed E-state index contributed by atoms with van der Waals surface area (Å²) in [4.78, 5) is 28.4. The second kappa shape index (κ2) is 12.3. The molecule has 2 aromatic rings. The summed E-state index contributed by atoms with van der Waals surface area (Å²) in [5.74, 6) is -0.346. The fraction of sp³-hybridized carbons (Fsp3) is 0.440. The molecule has 0 bridgehead atoms. The van der Waals surface area contributed by atoms with E-state index in [9.17, 15) is 9.59 Å². The van der Waals surface area contributed by atoms with Crippen LogP contribution in [0.4, 0.5) is 0 Å². The summed E-state index contributed by atoms with van der Waals surface area (Å²) in [6, 6.07) is 9.72. The van der Waals surface area contributed by atoms with Crippen LogP contribution < -0.4 is 5.32 Å². The molecule has 0 radical (unpaired) electrons. The quantitative estimate of drug-likeness (QED) is 0.396. The molecule has 1 saturated carbocycles. The van der Waals surface area contributed by atoms with Gasteiger partial charge in [0.15, 0.2) is 0 Å². The van der Waals surface area contributed by atoms with Gasteiger partial charge in [-0.3, -0.25) is 9.59 Å². The van der Waals surface area contributed by atoms with Crippen molar-refractivity contribution < 1.29 is 9.59 Å². The van der Waals surface area contributed by atoms with Gasteiger partial charge in [0.2, 0.25) is 11.8 Å². The average Bonchev–Trinajstić information content (AvgIpc) is 2.77. The first kappa shape index (κ1) is 26.2. The number of rotatable bonds is 8. The van der Waals surface area contributed by atoms with E-state index in [0.717, 1.165) is 31.2 Å². The van der Waals surface area contributed by atoms with E-state index in [0.29, 0.717) is 32.1 Å². The molecule has 4 nitrogen and oxygen atoms in total. The van der Waals surface area contributed by atoms with Gasteiger partial charge in [0.1, 0.15) is 6.04 Å². The molecule has 3 rings (SSSR count). The molecule has 1 aliphatic carbocycles. The van der Waals surface area contributed by atoms with Crippen LogP contribution in [0.1, 0.15) is 56.6 Å². The van der Waals surface area contributed by atoms with Gasteiger partial charge in [-0.1, -0.05) is 84.7 Å². The molecule has 2 aromatic carbocycles. The Morgan fingerprint density at radius 3 is 2.06 bits per heavy atom. The Morgan fingerprint density at radius 1 is 0.939 bits per heavy atom. The monoisotopic (exact) mass is 528 g/mol. The predicted octanol–water partition coefficient (Wildman–Crippen LogP) is 7.10. The standard InChI is InChI=1S/C25H28Cl4N2O2/c1-2-23(25(33)30-20-6-4-3-5-7-20)31(15-17-9-11-19(27)14-22(17)29)24(32)12-16-8-10-18(26)13-21(16)28/h8-11,13-14,20,23H,2-7,12,15H2,1H3,(H,30,33)/t23-/m0/s1. The molecule has 33 heavy (non-hydrogen) atoms. The first-order valence-electron chi connectivity index (χ1n) is 11.3. The van der Waals surface area contributed by atoms with Crippen LogP contribution in [0.15, 0.2) is 36.4 Å². The molecule has 1 fully saturated rings. The summed E-state index contributed by atoms with van der Waals surface area (Å²) in [6.45, 7) is 2.10. The van der Waals surface area contributed by atoms with Crippen molar-refractivity contribution in [3.8, 4) is 0 Å². The first-order valence-corrected chi connectivity index (χ1v) is 12.8. The molecule has 1 aliphatic rings. The Balaban J connectivity index is 1.86. The first-order chi connectivity index (χ1) is 15.8. The molecule has 0 spiro atoms. The maximum Gasteiger partial charge on any atom is 0.243 e. The number of nitrogens with zero attached hydrogens (tertiary/aromatic N) is 1. The van der Waals surface area contributed by atoms with Crippen molar-refractivity contribution in [2.24, 2.45) is 0 Å². The lowest BCUT2D eigenvalue weighted by Crippen LogP contribution is -2.52. The summed E-state index contributed by atoms with van der Waals surface area (Å²) in [6.07, 6.45) is 5.89. The topological polar surface area (TPSA) is 49.4 Å². The fourth-order valence-electron chi connectivity index (χ4n) is 4.23. The largest absolute Gasteiger partial charge is 0.352 e. The predicted molar refractivity (Wildman–Crippen MR) is 136 cm³/mol. The normalized spacial score (nSPS) is 15.2. The van der Waals surface area contributed by atoms with Crippen molar-refractivity contribution in [1.29, 1.82) is 0 Å². The molecule has 8 heteroatoms. The summed E-state index contributed by atoms with van der Waals surface area (Å²) in [5, 5.41) is 5.05. The van der Waals surface area contributed by atoms with Crippen molar-refractivity contribution in [2.75, 3.05) is 0 Å². The molecule has 1 atom stereocenters. The van der Waals surface area contributed by atoms with Gasteiger partial charge in [0.05, 0.1) is 6.42 Å². The van der Waals surface area contributed by atoms with E-state index in [1.54, 1.807) is 41.3 Å². The Labute approximate surface area is 215 Å². The highest BCUT2D eigenvalue weighted by Crippen LogP contribution is 2.26. The van der Waals surface area contributed by atoms with E-state index in [1.807, 2.05) is 6.92 Å². The molecule has 1 N–H and O–H groups in total. The molecule has 2 amide bonds. The van der Waals surface area contributed by atoms with Gasteiger partial charge in [-0.25, -0.2) is 0 Å². The Bertz CT molecular complexity index is 992. The summed E-state index contributed by atoms with van der Waals surface area (Å²) < 4.78 is 0. The number of nitrogens with one attached hydrogen (secondary N) is 1. The van der Waals surface area contributed by atoms with Gasteiger partial charge in [-0.05, 0) is 54.7 Å². The third-order valence-electron chi connectivity index (χ3n) is 6.05. The van der Waals surface area contributed by atoms with E-state index in [4.69, 9.17) is 46.4 Å². The number of hydrogen-bond acceptors (Lipinski definition) is 2. The van der Waals surface area contributed by atoms with Crippen LogP contribution in [0.25, 0.3) is 0 Å². The van der Waals surface area contributed by atoms with E-state index in [1.165, 1.54) is 6.42 Å². The molecular formula is C25H28Cl4N2O2. The molecule has 0 aliphatic heterocycles. The van der Waals surface area contributed by atoms with E-state index < -0.39 is 6.04 Å². The maximum absolute atomic E-state index is 13.5. The minimum absolute atomic E-state index is 0.0500. The van der Waals surface area contributed by atoms with Gasteiger partial charge in [-0.2, -0.15) is 0 Å². The molecule has 178 valence electrons. The summed E-state index contributed by atoms with van der Waals surface area (Å²) in [5.41, 5.74) is 1.38. The molecule has 0 unspecified atom stereocenters. The van der Waals surface area contributed by atoms with Gasteiger partial charge < -0.3 is 10.2 Å². The zero-order chi connectivity index (χ0) is 24.0. The SMILES string of the molecule is CC[C@@H](C(=O)NC1CCCCC1)N(Cc1ccc(Cl)cc1Cl)C(=O)Cc1ccc(Cl)cc1Cl. The zero-order valence-electron chi connectivity index (χ0n) is 18.6. The summed E-state index contributed by atoms with van der Waals surface area (Å²) >= 11 is 24.8. The van der Waals surface area contributed by atoms with Gasteiger partial charge in [-0.15, -0.1) is 0 Å². The van der Waals surface area contributed by atoms with Crippen molar-refractivity contribution >= 4 is 58.2 Å². The third-order valence-corrected chi connectivity index (χ3v) is 7.22. The van der Waals surface area contributed by atoms with E-state index in [-0.39, 0.29) is 30.8 Å². The zero-order valence-corrected chi connectivity index (χ0v) is 21.6. The fourth-order valence-corrected chi connectivity index (χ4v) is 5.17. The number of benzene rings is 2. The molecule has 0 aromatic heterocycles. The van der Waals surface area contributed by atoms with Crippen LogP contribution in [0.3, 0.4) is 0 Å². The minimum atomic E-state index is -0.628. The number of hydrogen-bond donors (Lipinski definition) is 1. The Kier molecular flexibility index (Phi) is 9.75. The van der Waals surface area contributed by atoms with Gasteiger partial charge in [0, 0.05) is 32.7 Å². The van der Waals surface area contributed by atoms with Crippen LogP contribution >= 0.6 is 46.4 Å². The number of halogens is 4. The smallest absolute Gasteiger partial charge is 0.243 e. The van der Waals surface area contributed by atoms with Crippen LogP contribution in [0.5, 0.6) is 0 Å². The van der Waals surface area contributed by atoms with Gasteiger partial charge >= 0.3 is 0 Å². The van der Waals surface area contributed by atoms with Crippen molar-refractivity contribution in [1.82, 2.24) is 10.2 Å². The lowest BCUT2D eigenvalue weighted by molar-refractivity contribution is -0.141. The third kappa shape index (κ3) is 7.26. The van der Waals surface area contributed by atoms with E-state index >= 15 is 0 Å². The van der Waals surface area contributed by atoms with E-state index in [2.05, 4.69) is 5.32 Å². The Hall–Kier alpha value is -1.46. The lowest BCUT2D eigenvalue weighted by atomic mass is 9.95. The second-order valence-corrected chi connectivity index (χ2v) is 10.1. The van der Waals surface area contributed by atoms with Crippen molar-refractivity contribution in [3.05, 3.63) is 67.6 Å². The Morgan fingerprint density at radius 2 is 1.52 bits per heavy atom. The molecular weight excluding hydrogens is 502 g/mol. The second-order valence-electron chi connectivity index (χ2n) is 8.44. The number of carbonyl (C=O) groups excluding carboxylic acids is 2. The lowest BCUT2D eigenvalue weighted by Gasteiger charge is -2.33. The van der Waals surface area contributed by atoms with Crippen LogP contribution in [0, 0.1) is 0 Å². The molecule has 0 heterocycles. The number of carbonyl (C=O) groups is 2. The van der Waals surface area contributed by atoms with Crippen LogP contribution in [-0.4, -0.2) is 28.8 Å². The highest BCUT2D eigenvalue weighted by atomic mass is 35.5. The van der Waals surface area contributed by atoms with Crippen LogP contribution in [0.2, 0.25) is 20.1 Å². The van der Waals surface area contributed by atoms with Crippen LogP contribution in [-0.2, 0) is 22.6 Å². The van der Waals surface area contributed by atoms with Gasteiger partial charge in [0.25, 0.3) is 0 Å². The molecule has 0 saturated heterocycles. The highest BCUT2D eigenvalue weighted by Gasteiger charge is 2.31. The average molecular weight is 530 g/mol. The maximum atomic E-state index is 13.5. The number of amides is 2. The minimum Gasteiger partial charge on any atom is -0.352 e. The summed E-state index contributed by atoms with van der Waals surface area (Å²) in [7, 11) is 0. The van der Waals surface area contributed by atoms with Crippen molar-refractivity contribution in [2.45, 2.75) is 70.5 Å². The highest BCUT2D eigenvalue weighted by molar-refractivity contribution is 6.35. The van der Waals surface area contributed by atoms with Crippen molar-refractivity contribution in [3.63, 3.8) is 0 Å².